The maximum atomic E-state index is 10.7. The Morgan fingerprint density at radius 2 is 2.36 bits per heavy atom. The number of carbonyl (C=O) groups is 1. The normalized spacial score (nSPS) is 20.4. The first-order chi connectivity index (χ1) is 6.68. The summed E-state index contributed by atoms with van der Waals surface area (Å²) in [6.07, 6.45) is 1.19. The van der Waals surface area contributed by atoms with Crippen molar-refractivity contribution in [2.75, 3.05) is 11.4 Å². The molecule has 0 aliphatic carbocycles. The second kappa shape index (κ2) is 3.33. The summed E-state index contributed by atoms with van der Waals surface area (Å²) in [4.78, 5) is 13.0. The Morgan fingerprint density at radius 1 is 1.57 bits per heavy atom. The van der Waals surface area contributed by atoms with Gasteiger partial charge in [-0.2, -0.15) is 0 Å². The van der Waals surface area contributed by atoms with Gasteiger partial charge in [0.05, 0.1) is 5.56 Å². The minimum atomic E-state index is -0.861. The van der Waals surface area contributed by atoms with Gasteiger partial charge in [-0.3, -0.25) is 0 Å². The number of carboxylic acid groups (broad SMARTS) is 1. The average Bonchev–Trinajstić information content (AvgIpc) is 2.16. The Balaban J connectivity index is 2.26. The topological polar surface area (TPSA) is 40.5 Å². The molecule has 1 atom stereocenters. The Morgan fingerprint density at radius 3 is 2.86 bits per heavy atom. The summed E-state index contributed by atoms with van der Waals surface area (Å²) in [5.74, 6) is -0.861. The molecule has 0 aromatic heterocycles. The molecule has 1 fully saturated rings. The first-order valence-electron chi connectivity index (χ1n) is 4.78. The molecule has 0 radical (unpaired) electrons. The number of carboxylic acids is 1. The average molecular weight is 191 g/mol. The fraction of sp³-hybridized carbons (Fsp3) is 0.364. The number of hydrogen-bond acceptors (Lipinski definition) is 2. The van der Waals surface area contributed by atoms with E-state index in [4.69, 9.17) is 5.11 Å². The molecule has 14 heavy (non-hydrogen) atoms. The van der Waals surface area contributed by atoms with E-state index in [0.717, 1.165) is 12.2 Å². The molecule has 1 aromatic carbocycles. The number of nitrogens with zero attached hydrogens (tertiary/aromatic N) is 1. The highest BCUT2D eigenvalue weighted by atomic mass is 16.4. The number of aromatic carboxylic acids is 1. The molecule has 0 bridgehead atoms. The zero-order valence-corrected chi connectivity index (χ0v) is 8.10. The van der Waals surface area contributed by atoms with E-state index >= 15 is 0 Å². The van der Waals surface area contributed by atoms with E-state index in [1.807, 2.05) is 6.07 Å². The summed E-state index contributed by atoms with van der Waals surface area (Å²) in [5, 5.41) is 8.83. The summed E-state index contributed by atoms with van der Waals surface area (Å²) in [5.41, 5.74) is 1.38. The van der Waals surface area contributed by atoms with E-state index in [1.54, 1.807) is 18.2 Å². The van der Waals surface area contributed by atoms with E-state index in [2.05, 4.69) is 11.8 Å². The van der Waals surface area contributed by atoms with Crippen LogP contribution in [0.25, 0.3) is 0 Å². The van der Waals surface area contributed by atoms with E-state index < -0.39 is 5.97 Å². The van der Waals surface area contributed by atoms with Crippen LogP contribution >= 0.6 is 0 Å². The second-order valence-corrected chi connectivity index (χ2v) is 3.69. The van der Waals surface area contributed by atoms with Crippen LogP contribution in [-0.4, -0.2) is 23.7 Å². The van der Waals surface area contributed by atoms with Crippen molar-refractivity contribution in [3.63, 3.8) is 0 Å². The predicted octanol–water partition coefficient (Wildman–Crippen LogP) is 1.98. The summed E-state index contributed by atoms with van der Waals surface area (Å²) >= 11 is 0. The van der Waals surface area contributed by atoms with Gasteiger partial charge in [0.15, 0.2) is 0 Å². The molecule has 0 spiro atoms. The lowest BCUT2D eigenvalue weighted by Gasteiger charge is -2.40. The fourth-order valence-corrected chi connectivity index (χ4v) is 1.72. The fourth-order valence-electron chi connectivity index (χ4n) is 1.72. The van der Waals surface area contributed by atoms with E-state index in [0.29, 0.717) is 11.6 Å². The highest BCUT2D eigenvalue weighted by Gasteiger charge is 2.23. The first kappa shape index (κ1) is 9.06. The Kier molecular flexibility index (Phi) is 2.15. The van der Waals surface area contributed by atoms with Crippen molar-refractivity contribution in [1.82, 2.24) is 0 Å². The van der Waals surface area contributed by atoms with Crippen LogP contribution in [0.5, 0.6) is 0 Å². The Hall–Kier alpha value is -1.51. The maximum absolute atomic E-state index is 10.7. The Labute approximate surface area is 83.0 Å². The van der Waals surface area contributed by atoms with Crippen molar-refractivity contribution < 1.29 is 9.90 Å². The van der Waals surface area contributed by atoms with Crippen molar-refractivity contribution in [2.45, 2.75) is 19.4 Å². The minimum Gasteiger partial charge on any atom is -0.478 e. The van der Waals surface area contributed by atoms with E-state index in [-0.39, 0.29) is 0 Å². The SMILES string of the molecule is CC1CCN1c1cccc(C(=O)O)c1. The zero-order chi connectivity index (χ0) is 10.1. The van der Waals surface area contributed by atoms with Crippen LogP contribution in [0.1, 0.15) is 23.7 Å². The van der Waals surface area contributed by atoms with Crippen LogP contribution in [0, 0.1) is 0 Å². The quantitative estimate of drug-likeness (QED) is 0.777. The van der Waals surface area contributed by atoms with Gasteiger partial charge in [-0.1, -0.05) is 6.07 Å². The van der Waals surface area contributed by atoms with Gasteiger partial charge in [-0.05, 0) is 31.5 Å². The van der Waals surface area contributed by atoms with Crippen LogP contribution in [0.3, 0.4) is 0 Å². The predicted molar refractivity (Wildman–Crippen MR) is 54.8 cm³/mol. The van der Waals surface area contributed by atoms with Gasteiger partial charge < -0.3 is 10.0 Å². The minimum absolute atomic E-state index is 0.363. The van der Waals surface area contributed by atoms with Gasteiger partial charge in [-0.15, -0.1) is 0 Å². The van der Waals surface area contributed by atoms with Crippen molar-refractivity contribution in [2.24, 2.45) is 0 Å². The molecule has 1 N–H and O–H groups in total. The molecule has 2 rings (SSSR count). The molecule has 1 aromatic rings. The molecule has 1 heterocycles. The van der Waals surface area contributed by atoms with Crippen LogP contribution < -0.4 is 4.90 Å². The Bertz CT molecular complexity index is 362. The van der Waals surface area contributed by atoms with Gasteiger partial charge in [-0.25, -0.2) is 4.79 Å². The van der Waals surface area contributed by atoms with Gasteiger partial charge in [0.25, 0.3) is 0 Å². The number of anilines is 1. The van der Waals surface area contributed by atoms with E-state index in [9.17, 15) is 4.79 Å². The molecule has 3 heteroatoms. The maximum Gasteiger partial charge on any atom is 0.335 e. The number of rotatable bonds is 2. The lowest BCUT2D eigenvalue weighted by Crippen LogP contribution is -2.45. The molecular formula is C11H13NO2. The summed E-state index contributed by atoms with van der Waals surface area (Å²) < 4.78 is 0. The molecule has 1 unspecified atom stereocenters. The van der Waals surface area contributed by atoms with Gasteiger partial charge in [0.1, 0.15) is 0 Å². The lowest BCUT2D eigenvalue weighted by molar-refractivity contribution is 0.0697. The zero-order valence-electron chi connectivity index (χ0n) is 8.10. The molecule has 0 amide bonds. The largest absolute Gasteiger partial charge is 0.478 e. The van der Waals surface area contributed by atoms with Crippen molar-refractivity contribution in [3.8, 4) is 0 Å². The third-order valence-electron chi connectivity index (χ3n) is 2.74. The molecule has 0 saturated carbocycles. The lowest BCUT2D eigenvalue weighted by atomic mass is 10.0. The molecule has 1 aliphatic heterocycles. The summed E-state index contributed by atoms with van der Waals surface area (Å²) in [6, 6.07) is 7.65. The summed E-state index contributed by atoms with van der Waals surface area (Å²) in [6.45, 7) is 3.18. The van der Waals surface area contributed by atoms with Gasteiger partial charge in [0.2, 0.25) is 0 Å². The van der Waals surface area contributed by atoms with Gasteiger partial charge >= 0.3 is 5.97 Å². The van der Waals surface area contributed by atoms with Crippen LogP contribution in [0.2, 0.25) is 0 Å². The number of hydrogen-bond donors (Lipinski definition) is 1. The highest BCUT2D eigenvalue weighted by Crippen LogP contribution is 2.26. The number of benzene rings is 1. The summed E-state index contributed by atoms with van der Waals surface area (Å²) in [7, 11) is 0. The molecule has 3 nitrogen and oxygen atoms in total. The van der Waals surface area contributed by atoms with Crippen molar-refractivity contribution in [3.05, 3.63) is 29.8 Å². The molecule has 1 saturated heterocycles. The van der Waals surface area contributed by atoms with E-state index in [1.165, 1.54) is 6.42 Å². The highest BCUT2D eigenvalue weighted by molar-refractivity contribution is 5.88. The second-order valence-electron chi connectivity index (χ2n) is 3.69. The standard InChI is InChI=1S/C11H13NO2/c1-8-5-6-12(8)10-4-2-3-9(7-10)11(13)14/h2-4,7-8H,5-6H2,1H3,(H,13,14). The van der Waals surface area contributed by atoms with Crippen molar-refractivity contribution in [1.29, 1.82) is 0 Å². The third kappa shape index (κ3) is 1.45. The van der Waals surface area contributed by atoms with Gasteiger partial charge in [0, 0.05) is 18.3 Å². The monoisotopic (exact) mass is 191 g/mol. The molecule has 1 aliphatic rings. The smallest absolute Gasteiger partial charge is 0.335 e. The van der Waals surface area contributed by atoms with Crippen molar-refractivity contribution >= 4 is 11.7 Å². The molecular weight excluding hydrogens is 178 g/mol. The van der Waals surface area contributed by atoms with Crippen LogP contribution in [0.15, 0.2) is 24.3 Å². The van der Waals surface area contributed by atoms with Crippen LogP contribution in [-0.2, 0) is 0 Å². The van der Waals surface area contributed by atoms with Crippen LogP contribution in [0.4, 0.5) is 5.69 Å². The first-order valence-corrected chi connectivity index (χ1v) is 4.78. The third-order valence-corrected chi connectivity index (χ3v) is 2.74. The molecule has 74 valence electrons.